The van der Waals surface area contributed by atoms with Crippen molar-refractivity contribution in [1.29, 1.82) is 0 Å². The standard InChI is InChI=1S/C18H23FN4O/c1-15-12-20-23(13-15)7-6-18(24)22-10-8-21(9-11-22)14-16-4-2-3-5-17(16)19/h2-5,12-13H,6-11,14H2,1H3. The predicted molar refractivity (Wildman–Crippen MR) is 89.8 cm³/mol. The smallest absolute Gasteiger partial charge is 0.224 e. The van der Waals surface area contributed by atoms with Gasteiger partial charge in [0.2, 0.25) is 5.91 Å². The SMILES string of the molecule is Cc1cnn(CCC(=O)N2CCN(Cc3ccccc3F)CC2)c1. The zero-order valence-corrected chi connectivity index (χ0v) is 14.0. The van der Waals surface area contributed by atoms with Gasteiger partial charge in [0.1, 0.15) is 5.82 Å². The fourth-order valence-electron chi connectivity index (χ4n) is 2.98. The number of hydrogen-bond acceptors (Lipinski definition) is 3. The fraction of sp³-hybridized carbons (Fsp3) is 0.444. The van der Waals surface area contributed by atoms with Gasteiger partial charge in [-0.1, -0.05) is 18.2 Å². The average molecular weight is 330 g/mol. The Balaban J connectivity index is 1.44. The monoisotopic (exact) mass is 330 g/mol. The van der Waals surface area contributed by atoms with Gasteiger partial charge in [0.05, 0.1) is 6.20 Å². The van der Waals surface area contributed by atoms with Crippen molar-refractivity contribution in [2.45, 2.75) is 26.4 Å². The first kappa shape index (κ1) is 16.6. The molecule has 2 aromatic rings. The summed E-state index contributed by atoms with van der Waals surface area (Å²) in [6.45, 7) is 6.16. The van der Waals surface area contributed by atoms with E-state index in [1.807, 2.05) is 34.8 Å². The molecule has 1 aliphatic heterocycles. The molecule has 1 aliphatic rings. The molecule has 3 rings (SSSR count). The summed E-state index contributed by atoms with van der Waals surface area (Å²) < 4.78 is 15.5. The number of hydrogen-bond donors (Lipinski definition) is 0. The molecule has 1 aromatic heterocycles. The van der Waals surface area contributed by atoms with E-state index in [2.05, 4.69) is 10.00 Å². The quantitative estimate of drug-likeness (QED) is 0.843. The average Bonchev–Trinajstić information content (AvgIpc) is 3.01. The second-order valence-corrected chi connectivity index (χ2v) is 6.28. The molecule has 6 heteroatoms. The maximum absolute atomic E-state index is 13.7. The number of nitrogens with zero attached hydrogens (tertiary/aromatic N) is 4. The first-order chi connectivity index (χ1) is 11.6. The van der Waals surface area contributed by atoms with Crippen LogP contribution in [0.25, 0.3) is 0 Å². The topological polar surface area (TPSA) is 41.4 Å². The molecule has 0 aliphatic carbocycles. The second-order valence-electron chi connectivity index (χ2n) is 6.28. The molecule has 0 N–H and O–H groups in total. The van der Waals surface area contributed by atoms with Crippen molar-refractivity contribution in [3.63, 3.8) is 0 Å². The lowest BCUT2D eigenvalue weighted by Crippen LogP contribution is -2.48. The molecular weight excluding hydrogens is 307 g/mol. The molecule has 24 heavy (non-hydrogen) atoms. The molecule has 0 bridgehead atoms. The highest BCUT2D eigenvalue weighted by Crippen LogP contribution is 2.12. The van der Waals surface area contributed by atoms with Crippen molar-refractivity contribution in [2.24, 2.45) is 0 Å². The third-order valence-electron chi connectivity index (χ3n) is 4.39. The Bertz CT molecular complexity index is 692. The van der Waals surface area contributed by atoms with Crippen molar-refractivity contribution < 1.29 is 9.18 Å². The van der Waals surface area contributed by atoms with Gasteiger partial charge in [0.15, 0.2) is 0 Å². The number of carbonyl (C=O) groups is 1. The summed E-state index contributed by atoms with van der Waals surface area (Å²) in [5, 5.41) is 4.20. The Hall–Kier alpha value is -2.21. The van der Waals surface area contributed by atoms with E-state index in [9.17, 15) is 9.18 Å². The van der Waals surface area contributed by atoms with Crippen LogP contribution >= 0.6 is 0 Å². The molecule has 0 radical (unpaired) electrons. The van der Waals surface area contributed by atoms with Gasteiger partial charge in [-0.3, -0.25) is 14.4 Å². The minimum atomic E-state index is -0.162. The van der Waals surface area contributed by atoms with Crippen molar-refractivity contribution >= 4 is 5.91 Å². The van der Waals surface area contributed by atoms with E-state index < -0.39 is 0 Å². The molecule has 1 amide bonds. The molecule has 5 nitrogen and oxygen atoms in total. The molecule has 0 spiro atoms. The van der Waals surface area contributed by atoms with Crippen LogP contribution in [0.3, 0.4) is 0 Å². The number of halogens is 1. The minimum Gasteiger partial charge on any atom is -0.340 e. The zero-order valence-electron chi connectivity index (χ0n) is 14.0. The Labute approximate surface area is 141 Å². The number of amides is 1. The van der Waals surface area contributed by atoms with E-state index in [0.29, 0.717) is 38.2 Å². The Morgan fingerprint density at radius 3 is 2.62 bits per heavy atom. The Morgan fingerprint density at radius 2 is 1.96 bits per heavy atom. The lowest BCUT2D eigenvalue weighted by molar-refractivity contribution is -0.133. The molecule has 1 fully saturated rings. The number of rotatable bonds is 5. The molecule has 1 saturated heterocycles. The molecule has 0 unspecified atom stereocenters. The van der Waals surface area contributed by atoms with Crippen LogP contribution in [0.5, 0.6) is 0 Å². The first-order valence-corrected chi connectivity index (χ1v) is 8.34. The maximum Gasteiger partial charge on any atom is 0.224 e. The maximum atomic E-state index is 13.7. The van der Waals surface area contributed by atoms with Crippen LogP contribution in [0.15, 0.2) is 36.7 Å². The van der Waals surface area contributed by atoms with Crippen LogP contribution in [0.1, 0.15) is 17.5 Å². The second kappa shape index (κ2) is 7.57. The van der Waals surface area contributed by atoms with Gasteiger partial charge < -0.3 is 4.90 Å². The highest BCUT2D eigenvalue weighted by molar-refractivity contribution is 5.76. The van der Waals surface area contributed by atoms with Crippen LogP contribution in [-0.2, 0) is 17.9 Å². The highest BCUT2D eigenvalue weighted by Gasteiger charge is 2.21. The van der Waals surface area contributed by atoms with Gasteiger partial charge in [-0.05, 0) is 18.6 Å². The van der Waals surface area contributed by atoms with Gasteiger partial charge in [0.25, 0.3) is 0 Å². The summed E-state index contributed by atoms with van der Waals surface area (Å²) >= 11 is 0. The van der Waals surface area contributed by atoms with Gasteiger partial charge in [0, 0.05) is 57.4 Å². The number of aryl methyl sites for hydroxylation is 2. The summed E-state index contributed by atoms with van der Waals surface area (Å²) in [4.78, 5) is 16.4. The molecular formula is C18H23FN4O. The van der Waals surface area contributed by atoms with E-state index in [1.165, 1.54) is 6.07 Å². The summed E-state index contributed by atoms with van der Waals surface area (Å²) in [5.41, 5.74) is 1.82. The zero-order chi connectivity index (χ0) is 16.9. The van der Waals surface area contributed by atoms with E-state index in [4.69, 9.17) is 0 Å². The highest BCUT2D eigenvalue weighted by atomic mass is 19.1. The van der Waals surface area contributed by atoms with Crippen molar-refractivity contribution in [3.05, 3.63) is 53.6 Å². The summed E-state index contributed by atoms with van der Waals surface area (Å²) in [7, 11) is 0. The molecule has 0 saturated carbocycles. The van der Waals surface area contributed by atoms with E-state index >= 15 is 0 Å². The Kier molecular flexibility index (Phi) is 5.25. The number of carbonyl (C=O) groups excluding carboxylic acids is 1. The van der Waals surface area contributed by atoms with Crippen molar-refractivity contribution in [1.82, 2.24) is 19.6 Å². The fourth-order valence-corrected chi connectivity index (χ4v) is 2.98. The van der Waals surface area contributed by atoms with E-state index in [0.717, 1.165) is 18.7 Å². The third-order valence-corrected chi connectivity index (χ3v) is 4.39. The van der Waals surface area contributed by atoms with E-state index in [-0.39, 0.29) is 11.7 Å². The summed E-state index contributed by atoms with van der Waals surface area (Å²) in [6, 6.07) is 6.87. The van der Waals surface area contributed by atoms with Gasteiger partial charge in [-0.2, -0.15) is 5.10 Å². The lowest BCUT2D eigenvalue weighted by atomic mass is 10.2. The first-order valence-electron chi connectivity index (χ1n) is 8.34. The Morgan fingerprint density at radius 1 is 1.21 bits per heavy atom. The van der Waals surface area contributed by atoms with Crippen molar-refractivity contribution in [3.8, 4) is 0 Å². The molecule has 0 atom stereocenters. The number of benzene rings is 1. The van der Waals surface area contributed by atoms with Gasteiger partial charge in [-0.15, -0.1) is 0 Å². The lowest BCUT2D eigenvalue weighted by Gasteiger charge is -2.34. The van der Waals surface area contributed by atoms with E-state index in [1.54, 1.807) is 12.3 Å². The largest absolute Gasteiger partial charge is 0.340 e. The summed E-state index contributed by atoms with van der Waals surface area (Å²) in [5.74, 6) is -0.000725. The summed E-state index contributed by atoms with van der Waals surface area (Å²) in [6.07, 6.45) is 4.21. The van der Waals surface area contributed by atoms with Crippen LogP contribution in [-0.4, -0.2) is 51.7 Å². The van der Waals surface area contributed by atoms with Gasteiger partial charge >= 0.3 is 0 Å². The van der Waals surface area contributed by atoms with Crippen LogP contribution in [0, 0.1) is 12.7 Å². The molecule has 2 heterocycles. The normalized spacial score (nSPS) is 15.7. The van der Waals surface area contributed by atoms with Gasteiger partial charge in [-0.25, -0.2) is 4.39 Å². The third kappa shape index (κ3) is 4.20. The van der Waals surface area contributed by atoms with Crippen LogP contribution < -0.4 is 0 Å². The number of piperazine rings is 1. The molecule has 1 aromatic carbocycles. The minimum absolute atomic E-state index is 0.161. The van der Waals surface area contributed by atoms with Crippen molar-refractivity contribution in [2.75, 3.05) is 26.2 Å². The predicted octanol–water partition coefficient (Wildman–Crippen LogP) is 2.07. The van der Waals surface area contributed by atoms with Crippen LogP contribution in [0.2, 0.25) is 0 Å². The molecule has 128 valence electrons. The van der Waals surface area contributed by atoms with Crippen LogP contribution in [0.4, 0.5) is 4.39 Å². The number of aromatic nitrogens is 2.